The van der Waals surface area contributed by atoms with Gasteiger partial charge in [0.2, 0.25) is 0 Å². The minimum atomic E-state index is -4.30. The molecule has 0 aliphatic rings. The van der Waals surface area contributed by atoms with Gasteiger partial charge in [0.25, 0.3) is 10.1 Å². The summed E-state index contributed by atoms with van der Waals surface area (Å²) < 4.78 is 33.9. The highest BCUT2D eigenvalue weighted by molar-refractivity contribution is 7.86. The van der Waals surface area contributed by atoms with Gasteiger partial charge in [-0.2, -0.15) is 8.42 Å². The zero-order valence-electron chi connectivity index (χ0n) is 17.7. The van der Waals surface area contributed by atoms with Crippen LogP contribution in [-0.2, 0) is 10.1 Å². The Morgan fingerprint density at radius 2 is 1.10 bits per heavy atom. The third kappa shape index (κ3) is 4.45. The molecule has 3 rings (SSSR count). The van der Waals surface area contributed by atoms with E-state index in [-0.39, 0.29) is 4.90 Å². The Hall–Kier alpha value is -2.00. The third-order valence-corrected chi connectivity index (χ3v) is 9.06. The molecule has 0 heterocycles. The van der Waals surface area contributed by atoms with Crippen molar-refractivity contribution in [3.05, 3.63) is 81.9 Å². The number of rotatable bonds is 4. The van der Waals surface area contributed by atoms with Crippen LogP contribution < -0.4 is 15.9 Å². The van der Waals surface area contributed by atoms with Gasteiger partial charge in [-0.25, -0.2) is 0 Å². The third-order valence-electron chi connectivity index (χ3n) is 5.21. The van der Waals surface area contributed by atoms with Gasteiger partial charge in [0.15, 0.2) is 0 Å². The van der Waals surface area contributed by atoms with Crippen molar-refractivity contribution in [3.63, 3.8) is 0 Å². The van der Waals surface area contributed by atoms with Gasteiger partial charge in [-0.3, -0.25) is 4.55 Å². The van der Waals surface area contributed by atoms with E-state index in [0.29, 0.717) is 5.56 Å². The Balaban J connectivity index is 2.44. The van der Waals surface area contributed by atoms with E-state index in [1.807, 2.05) is 6.92 Å². The first-order chi connectivity index (χ1) is 13.5. The van der Waals surface area contributed by atoms with Crippen LogP contribution in [0.2, 0.25) is 0 Å². The number of hydrogen-bond donors (Lipinski definition) is 1. The van der Waals surface area contributed by atoms with Crippen LogP contribution in [-0.4, -0.2) is 13.0 Å². The van der Waals surface area contributed by atoms with Crippen molar-refractivity contribution in [2.24, 2.45) is 0 Å². The van der Waals surface area contributed by atoms with Crippen LogP contribution in [0.25, 0.3) is 0 Å². The van der Waals surface area contributed by atoms with Gasteiger partial charge in [-0.15, -0.1) is 0 Å². The van der Waals surface area contributed by atoms with Crippen molar-refractivity contribution in [2.45, 2.75) is 46.4 Å². The average molecular weight is 427 g/mol. The minimum Gasteiger partial charge on any atom is -0.282 e. The Kier molecular flexibility index (Phi) is 6.01. The lowest BCUT2D eigenvalue weighted by molar-refractivity contribution is 0.482. The van der Waals surface area contributed by atoms with Gasteiger partial charge in [0.05, 0.1) is 4.90 Å². The molecule has 5 heteroatoms. The van der Waals surface area contributed by atoms with Gasteiger partial charge in [-0.05, 0) is 93.7 Å². The van der Waals surface area contributed by atoms with Crippen LogP contribution >= 0.6 is 7.92 Å². The van der Waals surface area contributed by atoms with Gasteiger partial charge < -0.3 is 0 Å². The molecule has 0 atom stereocenters. The fraction of sp³-hybridized carbons (Fsp3) is 0.250. The first kappa shape index (κ1) is 21.7. The SMILES string of the molecule is Cc1ccc(C)c(P(c2cc(C)ccc2C)c2cc(C)cc(S(=O)(=O)O)c2C)c1. The molecule has 0 aliphatic heterocycles. The highest BCUT2D eigenvalue weighted by atomic mass is 32.2. The largest absolute Gasteiger partial charge is 0.294 e. The molecule has 0 saturated carbocycles. The molecule has 152 valence electrons. The predicted octanol–water partition coefficient (Wildman–Crippen LogP) is 4.54. The van der Waals surface area contributed by atoms with E-state index in [1.54, 1.807) is 13.0 Å². The quantitative estimate of drug-likeness (QED) is 0.492. The topological polar surface area (TPSA) is 54.4 Å². The lowest BCUT2D eigenvalue weighted by atomic mass is 10.1. The molecule has 0 aliphatic carbocycles. The molecule has 0 spiro atoms. The summed E-state index contributed by atoms with van der Waals surface area (Å²) in [6.07, 6.45) is 0. The summed E-state index contributed by atoms with van der Waals surface area (Å²) in [5.41, 5.74) is 6.13. The zero-order chi connectivity index (χ0) is 21.5. The maximum absolute atomic E-state index is 12.1. The second-order valence-electron chi connectivity index (χ2n) is 7.80. The smallest absolute Gasteiger partial charge is 0.282 e. The minimum absolute atomic E-state index is 0.00406. The van der Waals surface area contributed by atoms with Gasteiger partial charge in [-0.1, -0.05) is 53.6 Å². The highest BCUT2D eigenvalue weighted by Crippen LogP contribution is 2.38. The van der Waals surface area contributed by atoms with Crippen LogP contribution in [0.3, 0.4) is 0 Å². The molecule has 3 aromatic rings. The van der Waals surface area contributed by atoms with Crippen LogP contribution in [0, 0.1) is 41.5 Å². The number of benzene rings is 3. The van der Waals surface area contributed by atoms with Crippen LogP contribution in [0.5, 0.6) is 0 Å². The fourth-order valence-corrected chi connectivity index (χ4v) is 7.61. The maximum atomic E-state index is 12.1. The molecule has 0 unspecified atom stereocenters. The van der Waals surface area contributed by atoms with Gasteiger partial charge in [0, 0.05) is 0 Å². The molecule has 0 saturated heterocycles. The summed E-state index contributed by atoms with van der Waals surface area (Å²) in [5.74, 6) is 0. The fourth-order valence-electron chi connectivity index (χ4n) is 3.62. The average Bonchev–Trinajstić information content (AvgIpc) is 2.62. The molecule has 0 amide bonds. The highest BCUT2D eigenvalue weighted by Gasteiger charge is 2.26. The lowest BCUT2D eigenvalue weighted by Gasteiger charge is -2.26. The molecule has 3 nitrogen and oxygen atoms in total. The monoisotopic (exact) mass is 426 g/mol. The summed E-state index contributed by atoms with van der Waals surface area (Å²) in [5, 5.41) is 3.39. The molecule has 0 aromatic heterocycles. The van der Waals surface area contributed by atoms with Crippen molar-refractivity contribution >= 4 is 34.0 Å². The number of hydrogen-bond acceptors (Lipinski definition) is 2. The van der Waals surface area contributed by atoms with E-state index in [0.717, 1.165) is 10.9 Å². The summed E-state index contributed by atoms with van der Waals surface area (Å²) in [6, 6.07) is 16.5. The molecular weight excluding hydrogens is 399 g/mol. The first-order valence-electron chi connectivity index (χ1n) is 9.52. The molecule has 0 fully saturated rings. The normalized spacial score (nSPS) is 11.9. The Labute approximate surface area is 175 Å². The van der Waals surface area contributed by atoms with E-state index in [2.05, 4.69) is 70.2 Å². The Morgan fingerprint density at radius 3 is 1.55 bits per heavy atom. The van der Waals surface area contributed by atoms with Gasteiger partial charge in [0.1, 0.15) is 0 Å². The first-order valence-corrected chi connectivity index (χ1v) is 12.3. The molecule has 1 N–H and O–H groups in total. The second kappa shape index (κ2) is 8.02. The molecule has 3 aromatic carbocycles. The summed E-state index contributed by atoms with van der Waals surface area (Å²) in [6.45, 7) is 12.0. The van der Waals surface area contributed by atoms with Crippen molar-refractivity contribution in [2.75, 3.05) is 0 Å². The maximum Gasteiger partial charge on any atom is 0.294 e. The molecule has 0 bridgehead atoms. The van der Waals surface area contributed by atoms with Crippen molar-refractivity contribution in [1.29, 1.82) is 0 Å². The lowest BCUT2D eigenvalue weighted by Crippen LogP contribution is -2.27. The number of aryl methyl sites for hydroxylation is 5. The van der Waals surface area contributed by atoms with Gasteiger partial charge >= 0.3 is 0 Å². The van der Waals surface area contributed by atoms with E-state index in [9.17, 15) is 13.0 Å². The second-order valence-corrected chi connectivity index (χ2v) is 11.3. The van der Waals surface area contributed by atoms with Crippen molar-refractivity contribution in [1.82, 2.24) is 0 Å². The summed E-state index contributed by atoms with van der Waals surface area (Å²) in [4.78, 5) is -0.00406. The van der Waals surface area contributed by atoms with E-state index >= 15 is 0 Å². The Bertz CT molecular complexity index is 1150. The zero-order valence-corrected chi connectivity index (χ0v) is 19.4. The van der Waals surface area contributed by atoms with Crippen LogP contribution in [0.1, 0.15) is 33.4 Å². The Morgan fingerprint density at radius 1 is 0.655 bits per heavy atom. The van der Waals surface area contributed by atoms with Crippen molar-refractivity contribution < 1.29 is 13.0 Å². The van der Waals surface area contributed by atoms with Crippen LogP contribution in [0.4, 0.5) is 0 Å². The summed E-state index contributed by atoms with van der Waals surface area (Å²) >= 11 is 0. The molecule has 29 heavy (non-hydrogen) atoms. The molecular formula is C24H27O3PS. The van der Waals surface area contributed by atoms with Crippen molar-refractivity contribution in [3.8, 4) is 0 Å². The van der Waals surface area contributed by atoms with E-state index in [4.69, 9.17) is 0 Å². The van der Waals surface area contributed by atoms with E-state index < -0.39 is 18.0 Å². The molecule has 0 radical (unpaired) electrons. The van der Waals surface area contributed by atoms with Crippen LogP contribution in [0.15, 0.2) is 53.4 Å². The predicted molar refractivity (Wildman–Crippen MR) is 123 cm³/mol. The summed E-state index contributed by atoms with van der Waals surface area (Å²) in [7, 11) is -5.30. The van der Waals surface area contributed by atoms with E-state index in [1.165, 1.54) is 32.9 Å². The standard InChI is InChI=1S/C24H27O3PS/c1-15-7-9-18(4)21(11-15)28(22-12-16(2)8-10-19(22)5)23-13-17(3)14-24(20(23)6)29(25,26)27/h7-14H,1-6H3,(H,25,26,27).